The van der Waals surface area contributed by atoms with Crippen molar-refractivity contribution in [3.8, 4) is 17.1 Å². The molecule has 5 heteroatoms. The van der Waals surface area contributed by atoms with Gasteiger partial charge in [0.1, 0.15) is 6.33 Å². The summed E-state index contributed by atoms with van der Waals surface area (Å²) in [5.74, 6) is -0.125. The van der Waals surface area contributed by atoms with Gasteiger partial charge in [-0.25, -0.2) is 9.67 Å². The Bertz CT molecular complexity index is 882. The van der Waals surface area contributed by atoms with E-state index in [-0.39, 0.29) is 11.8 Å². The van der Waals surface area contributed by atoms with E-state index in [2.05, 4.69) is 10.1 Å². The van der Waals surface area contributed by atoms with Gasteiger partial charge < -0.3 is 5.11 Å². The van der Waals surface area contributed by atoms with Gasteiger partial charge in [-0.15, -0.1) is 5.10 Å². The van der Waals surface area contributed by atoms with E-state index < -0.39 is 5.97 Å². The van der Waals surface area contributed by atoms with Crippen LogP contribution in [0.15, 0.2) is 54.9 Å². The van der Waals surface area contributed by atoms with Gasteiger partial charge in [-0.2, -0.15) is 0 Å². The van der Waals surface area contributed by atoms with Crippen LogP contribution < -0.4 is 0 Å². The topological polar surface area (TPSA) is 68.0 Å². The van der Waals surface area contributed by atoms with Gasteiger partial charge in [0.05, 0.1) is 11.6 Å². The molecule has 1 fully saturated rings. The molecule has 0 spiro atoms. The Morgan fingerprint density at radius 3 is 2.46 bits per heavy atom. The number of aliphatic carboxylic acids is 1. The standard InChI is InChI=1S/C19H17N3O2/c1-12-2-8-15(9-3-12)22-11-20-18(21-22)14-6-4-13(5-7-14)16-10-17(16)19(23)24/h2-9,11,16-17H,10H2,1H3,(H,23,24). The van der Waals surface area contributed by atoms with E-state index in [9.17, 15) is 4.79 Å². The van der Waals surface area contributed by atoms with E-state index in [1.54, 1.807) is 11.0 Å². The average Bonchev–Trinajstić information content (AvgIpc) is 3.26. The molecule has 1 saturated carbocycles. The van der Waals surface area contributed by atoms with E-state index in [4.69, 9.17) is 5.11 Å². The SMILES string of the molecule is Cc1ccc(-n2cnc(-c3ccc(C4CC4C(=O)O)cc3)n2)cc1. The van der Waals surface area contributed by atoms with Gasteiger partial charge in [-0.1, -0.05) is 42.0 Å². The predicted molar refractivity (Wildman–Crippen MR) is 90.0 cm³/mol. The molecule has 1 aromatic heterocycles. The van der Waals surface area contributed by atoms with Crippen molar-refractivity contribution >= 4 is 5.97 Å². The zero-order valence-electron chi connectivity index (χ0n) is 13.3. The molecule has 3 aromatic rings. The molecule has 0 aliphatic heterocycles. The molecule has 0 radical (unpaired) electrons. The van der Waals surface area contributed by atoms with Crippen molar-refractivity contribution in [2.75, 3.05) is 0 Å². The van der Waals surface area contributed by atoms with E-state index >= 15 is 0 Å². The number of carboxylic acids is 1. The number of hydrogen-bond acceptors (Lipinski definition) is 3. The Morgan fingerprint density at radius 2 is 1.83 bits per heavy atom. The third kappa shape index (κ3) is 2.69. The molecule has 5 nitrogen and oxygen atoms in total. The Kier molecular flexibility index (Phi) is 3.41. The average molecular weight is 319 g/mol. The molecule has 2 aromatic carbocycles. The molecule has 2 unspecified atom stereocenters. The van der Waals surface area contributed by atoms with Crippen LogP contribution in [0.5, 0.6) is 0 Å². The largest absolute Gasteiger partial charge is 0.481 e. The number of rotatable bonds is 4. The maximum atomic E-state index is 11.0. The Balaban J connectivity index is 1.54. The Labute approximate surface area is 139 Å². The third-order valence-corrected chi connectivity index (χ3v) is 4.50. The summed E-state index contributed by atoms with van der Waals surface area (Å²) in [5, 5.41) is 13.5. The van der Waals surface area contributed by atoms with Crippen molar-refractivity contribution in [3.63, 3.8) is 0 Å². The van der Waals surface area contributed by atoms with Crippen LogP contribution in [0.4, 0.5) is 0 Å². The normalized spacial score (nSPS) is 19.2. The van der Waals surface area contributed by atoms with Crippen molar-refractivity contribution in [1.29, 1.82) is 0 Å². The highest BCUT2D eigenvalue weighted by atomic mass is 16.4. The van der Waals surface area contributed by atoms with E-state index in [0.717, 1.165) is 23.2 Å². The minimum atomic E-state index is -0.706. The maximum absolute atomic E-state index is 11.0. The highest BCUT2D eigenvalue weighted by Crippen LogP contribution is 2.47. The van der Waals surface area contributed by atoms with Crippen LogP contribution >= 0.6 is 0 Å². The molecule has 0 amide bonds. The summed E-state index contributed by atoms with van der Waals surface area (Å²) < 4.78 is 1.75. The van der Waals surface area contributed by atoms with E-state index in [1.165, 1.54) is 5.56 Å². The second-order valence-corrected chi connectivity index (χ2v) is 6.26. The van der Waals surface area contributed by atoms with Gasteiger partial charge in [-0.05, 0) is 37.0 Å². The first-order valence-corrected chi connectivity index (χ1v) is 7.93. The van der Waals surface area contributed by atoms with Crippen LogP contribution in [0.1, 0.15) is 23.5 Å². The molecular weight excluding hydrogens is 302 g/mol. The first-order chi connectivity index (χ1) is 11.6. The summed E-state index contributed by atoms with van der Waals surface area (Å²) in [7, 11) is 0. The predicted octanol–water partition coefficient (Wildman–Crippen LogP) is 3.43. The zero-order chi connectivity index (χ0) is 16.7. The van der Waals surface area contributed by atoms with Crippen molar-refractivity contribution in [2.45, 2.75) is 19.3 Å². The minimum Gasteiger partial charge on any atom is -0.481 e. The van der Waals surface area contributed by atoms with Crippen molar-refractivity contribution in [1.82, 2.24) is 14.8 Å². The van der Waals surface area contributed by atoms with Crippen molar-refractivity contribution in [2.24, 2.45) is 5.92 Å². The van der Waals surface area contributed by atoms with E-state index in [0.29, 0.717) is 5.82 Å². The molecule has 1 aliphatic rings. The first kappa shape index (κ1) is 14.6. The lowest BCUT2D eigenvalue weighted by atomic mass is 10.1. The molecule has 2 atom stereocenters. The van der Waals surface area contributed by atoms with Gasteiger partial charge in [-0.3, -0.25) is 4.79 Å². The highest BCUT2D eigenvalue weighted by molar-refractivity contribution is 5.75. The lowest BCUT2D eigenvalue weighted by molar-refractivity contribution is -0.138. The molecule has 0 saturated heterocycles. The van der Waals surface area contributed by atoms with Gasteiger partial charge in [0.15, 0.2) is 5.82 Å². The summed E-state index contributed by atoms with van der Waals surface area (Å²) in [5.41, 5.74) is 4.17. The highest BCUT2D eigenvalue weighted by Gasteiger charge is 2.44. The Hall–Kier alpha value is -2.95. The molecule has 1 N–H and O–H groups in total. The van der Waals surface area contributed by atoms with E-state index in [1.807, 2.05) is 55.5 Å². The number of nitrogens with zero attached hydrogens (tertiary/aromatic N) is 3. The molecule has 1 aliphatic carbocycles. The van der Waals surface area contributed by atoms with Crippen LogP contribution in [-0.2, 0) is 4.79 Å². The molecule has 120 valence electrons. The summed E-state index contributed by atoms with van der Waals surface area (Å²) in [6, 6.07) is 16.0. The van der Waals surface area contributed by atoms with Crippen LogP contribution in [0.2, 0.25) is 0 Å². The smallest absolute Gasteiger partial charge is 0.307 e. The monoisotopic (exact) mass is 319 g/mol. The number of benzene rings is 2. The lowest BCUT2D eigenvalue weighted by Crippen LogP contribution is -1.98. The number of aromatic nitrogens is 3. The van der Waals surface area contributed by atoms with Gasteiger partial charge >= 0.3 is 5.97 Å². The summed E-state index contributed by atoms with van der Waals surface area (Å²) in [4.78, 5) is 15.3. The molecule has 1 heterocycles. The van der Waals surface area contributed by atoms with Gasteiger partial charge in [0.25, 0.3) is 0 Å². The minimum absolute atomic E-state index is 0.148. The van der Waals surface area contributed by atoms with Gasteiger partial charge in [0.2, 0.25) is 0 Å². The van der Waals surface area contributed by atoms with Gasteiger partial charge in [0, 0.05) is 5.56 Å². The Morgan fingerprint density at radius 1 is 1.12 bits per heavy atom. The number of aryl methyl sites for hydroxylation is 1. The summed E-state index contributed by atoms with van der Waals surface area (Å²) >= 11 is 0. The third-order valence-electron chi connectivity index (χ3n) is 4.50. The second-order valence-electron chi connectivity index (χ2n) is 6.26. The fourth-order valence-corrected chi connectivity index (χ4v) is 2.93. The molecule has 24 heavy (non-hydrogen) atoms. The zero-order valence-corrected chi connectivity index (χ0v) is 13.3. The number of carbonyl (C=O) groups is 1. The number of hydrogen-bond donors (Lipinski definition) is 1. The fourth-order valence-electron chi connectivity index (χ4n) is 2.93. The number of carboxylic acid groups (broad SMARTS) is 1. The van der Waals surface area contributed by atoms with Crippen LogP contribution in [0.25, 0.3) is 17.1 Å². The fraction of sp³-hybridized carbons (Fsp3) is 0.211. The second kappa shape index (κ2) is 5.60. The van der Waals surface area contributed by atoms with Crippen LogP contribution in [0.3, 0.4) is 0 Å². The molecule has 0 bridgehead atoms. The van der Waals surface area contributed by atoms with Crippen molar-refractivity contribution in [3.05, 3.63) is 66.0 Å². The molecular formula is C19H17N3O2. The van der Waals surface area contributed by atoms with Crippen LogP contribution in [0, 0.1) is 12.8 Å². The summed E-state index contributed by atoms with van der Waals surface area (Å²) in [6.45, 7) is 2.05. The van der Waals surface area contributed by atoms with Crippen LogP contribution in [-0.4, -0.2) is 25.8 Å². The maximum Gasteiger partial charge on any atom is 0.307 e. The van der Waals surface area contributed by atoms with Crippen molar-refractivity contribution < 1.29 is 9.90 Å². The lowest BCUT2D eigenvalue weighted by Gasteiger charge is -2.02. The summed E-state index contributed by atoms with van der Waals surface area (Å²) in [6.07, 6.45) is 2.43. The molecule has 4 rings (SSSR count). The first-order valence-electron chi connectivity index (χ1n) is 7.93. The quantitative estimate of drug-likeness (QED) is 0.800.